The third-order valence-electron chi connectivity index (χ3n) is 14.7. The third-order valence-corrected chi connectivity index (χ3v) is 18.2. The number of ether oxygens (including phenoxy) is 6. The van der Waals surface area contributed by atoms with Crippen LogP contribution in [-0.2, 0) is 59.2 Å². The fourth-order valence-electron chi connectivity index (χ4n) is 10.0. The molecule has 5 aromatic rings. The normalized spacial score (nSPS) is 16.1. The van der Waals surface area contributed by atoms with Crippen LogP contribution in [0.5, 0.6) is 5.75 Å². The number of nitrogens with zero attached hydrogens (tertiary/aromatic N) is 5. The molecule has 0 aliphatic carbocycles. The van der Waals surface area contributed by atoms with Gasteiger partial charge in [-0.3, -0.25) is 19.2 Å². The average Bonchev–Trinajstić information content (AvgIpc) is 4.31. The van der Waals surface area contributed by atoms with Crippen LogP contribution in [-0.4, -0.2) is 177 Å². The third kappa shape index (κ3) is 19.6. The Labute approximate surface area is 519 Å². The van der Waals surface area contributed by atoms with Crippen LogP contribution in [0.2, 0.25) is 5.02 Å². The second-order valence-corrected chi connectivity index (χ2v) is 26.9. The SMILES string of the molecule is Cc1cc(Nc2ncc(Cl)c(Nc3ccccc3S(=O)(=O)C(C)C)n2)c(OC(C)C)cc1C1CCN(C(=O)COCCOCCOCCOCCOCC(=O)NC(C(=O)N2C[C@H](O)C[C@H]2C(=O)NCc2ccc(-c3scnc3C)cc2)C(C)(C)C)CC1. The summed E-state index contributed by atoms with van der Waals surface area (Å²) in [6, 6.07) is 16.6. The molecule has 2 fully saturated rings. The number of anilines is 4. The van der Waals surface area contributed by atoms with E-state index in [2.05, 4.69) is 36.2 Å². The van der Waals surface area contributed by atoms with Crippen LogP contribution in [0, 0.1) is 19.3 Å². The van der Waals surface area contributed by atoms with Crippen LogP contribution in [0.25, 0.3) is 10.4 Å². The molecule has 0 spiro atoms. The molecule has 2 saturated heterocycles. The Bertz CT molecular complexity index is 3210. The summed E-state index contributed by atoms with van der Waals surface area (Å²) in [4.78, 5) is 71.3. The quantitative estimate of drug-likeness (QED) is 0.0264. The molecule has 1 unspecified atom stereocenters. The number of rotatable bonds is 31. The number of thiazole rings is 1. The van der Waals surface area contributed by atoms with E-state index < -0.39 is 50.5 Å². The van der Waals surface area contributed by atoms with Crippen LogP contribution in [0.1, 0.15) is 96.0 Å². The lowest BCUT2D eigenvalue weighted by molar-refractivity contribution is -0.144. The number of hydrogen-bond donors (Lipinski definition) is 5. The minimum absolute atomic E-state index is 0.0318. The molecule has 87 heavy (non-hydrogen) atoms. The first-order valence-electron chi connectivity index (χ1n) is 29.4. The summed E-state index contributed by atoms with van der Waals surface area (Å²) in [6.45, 7) is 19.8. The van der Waals surface area contributed by atoms with E-state index in [1.54, 1.807) is 55.0 Å². The predicted molar refractivity (Wildman–Crippen MR) is 334 cm³/mol. The molecular formula is C62H84ClN9O13S2. The van der Waals surface area contributed by atoms with E-state index >= 15 is 0 Å². The van der Waals surface area contributed by atoms with E-state index in [1.807, 2.05) is 89.8 Å². The largest absolute Gasteiger partial charge is 0.489 e. The van der Waals surface area contributed by atoms with Gasteiger partial charge in [-0.2, -0.15) is 4.98 Å². The number of carbonyl (C=O) groups excluding carboxylic acids is 4. The summed E-state index contributed by atoms with van der Waals surface area (Å²) < 4.78 is 60.5. The number of piperidine rings is 1. The number of halogens is 1. The van der Waals surface area contributed by atoms with Crippen molar-refractivity contribution in [1.29, 1.82) is 0 Å². The number of sulfone groups is 1. The van der Waals surface area contributed by atoms with E-state index in [4.69, 9.17) is 40.0 Å². The Kier molecular flexibility index (Phi) is 25.2. The second-order valence-electron chi connectivity index (χ2n) is 23.1. The first kappa shape index (κ1) is 68.1. The number of amides is 4. The average molecular weight is 1260 g/mol. The lowest BCUT2D eigenvalue weighted by atomic mass is 9.85. The van der Waals surface area contributed by atoms with Crippen LogP contribution in [0.4, 0.5) is 23.1 Å². The van der Waals surface area contributed by atoms with Crippen molar-refractivity contribution >= 4 is 79.5 Å². The maximum absolute atomic E-state index is 14.0. The highest BCUT2D eigenvalue weighted by Gasteiger charge is 2.44. The van der Waals surface area contributed by atoms with E-state index in [-0.39, 0.29) is 98.1 Å². The fourth-order valence-corrected chi connectivity index (χ4v) is 12.2. The standard InChI is InChI=1S/C62H84ClN9O13S2/c1-39(2)85-52-32-47(41(5)30-50(52)68-61-65-34-48(63)58(70-61)67-49-12-10-11-13-53(49)87(78,79)40(3)4)44-18-20-71(21-19-44)55(75)37-84-29-27-82-25-23-80-22-24-81-26-28-83-36-54(74)69-57(62(7,8)9)60(77)72-35-46(73)31-51(72)59(76)64-33-43-14-16-45(17-15-43)56-42(6)66-38-86-56/h10-17,30,32,34,38-40,44,46,51,57,73H,18-29,31,33,35-37H2,1-9H3,(H,64,76)(H,69,74)(H2,65,67,68,70)/t46-,51+,57?/m1/s1. The van der Waals surface area contributed by atoms with Crippen molar-refractivity contribution in [2.75, 3.05) is 96.3 Å². The molecule has 2 aromatic heterocycles. The molecule has 0 radical (unpaired) electrons. The molecule has 7 rings (SSSR count). The number of β-amino-alcohol motifs (C(OH)–C–C–N with tert-alkyl or cyclic N) is 1. The summed E-state index contributed by atoms with van der Waals surface area (Å²) in [6.07, 6.45) is 2.03. The topological polar surface area (TPSA) is 271 Å². The Morgan fingerprint density at radius 3 is 2.06 bits per heavy atom. The van der Waals surface area contributed by atoms with Crippen molar-refractivity contribution < 1.29 is 61.1 Å². The monoisotopic (exact) mass is 1260 g/mol. The Hall–Kier alpha value is -6.35. The summed E-state index contributed by atoms with van der Waals surface area (Å²) in [5, 5.41) is 22.2. The number of aromatic nitrogens is 3. The Morgan fingerprint density at radius 2 is 1.45 bits per heavy atom. The van der Waals surface area contributed by atoms with Gasteiger partial charge in [-0.15, -0.1) is 11.3 Å². The molecule has 22 nitrogen and oxygen atoms in total. The van der Waals surface area contributed by atoms with Crippen molar-refractivity contribution in [2.45, 2.75) is 128 Å². The molecule has 0 saturated carbocycles. The second kappa shape index (κ2) is 32.2. The lowest BCUT2D eigenvalue weighted by Gasteiger charge is -2.35. The number of nitrogens with one attached hydrogen (secondary N) is 4. The van der Waals surface area contributed by atoms with Gasteiger partial charge in [0.2, 0.25) is 29.6 Å². The zero-order valence-electron chi connectivity index (χ0n) is 51.2. The van der Waals surface area contributed by atoms with Gasteiger partial charge in [-0.1, -0.05) is 68.8 Å². The summed E-state index contributed by atoms with van der Waals surface area (Å²) in [5.74, 6) is -0.160. The Morgan fingerprint density at radius 1 is 0.816 bits per heavy atom. The molecule has 4 heterocycles. The molecule has 5 N–H and O–H groups in total. The molecular weight excluding hydrogens is 1180 g/mol. The van der Waals surface area contributed by atoms with Crippen molar-refractivity contribution in [3.63, 3.8) is 0 Å². The lowest BCUT2D eigenvalue weighted by Crippen LogP contribution is -2.58. The molecule has 4 amide bonds. The number of aryl methyl sites for hydroxylation is 2. The highest BCUT2D eigenvalue weighted by Crippen LogP contribution is 2.39. The zero-order valence-corrected chi connectivity index (χ0v) is 53.6. The van der Waals surface area contributed by atoms with Crippen LogP contribution in [0.15, 0.2) is 77.3 Å². The fraction of sp³-hybridized carbons (Fsp3) is 0.532. The van der Waals surface area contributed by atoms with Gasteiger partial charge < -0.3 is 64.6 Å². The molecule has 3 atom stereocenters. The van der Waals surface area contributed by atoms with Crippen molar-refractivity contribution in [2.24, 2.45) is 5.41 Å². The number of para-hydroxylation sites is 1. The van der Waals surface area contributed by atoms with Crippen molar-refractivity contribution in [1.82, 2.24) is 35.4 Å². The first-order chi connectivity index (χ1) is 41.5. The predicted octanol–water partition coefficient (Wildman–Crippen LogP) is 7.92. The summed E-state index contributed by atoms with van der Waals surface area (Å²) >= 11 is 8.08. The smallest absolute Gasteiger partial charge is 0.248 e. The number of aliphatic hydroxyl groups excluding tert-OH is 1. The van der Waals surface area contributed by atoms with Crippen LogP contribution >= 0.6 is 22.9 Å². The minimum atomic E-state index is -3.60. The highest BCUT2D eigenvalue weighted by atomic mass is 35.5. The minimum Gasteiger partial charge on any atom is -0.489 e. The van der Waals surface area contributed by atoms with Crippen LogP contribution < -0.4 is 26.0 Å². The van der Waals surface area contributed by atoms with E-state index in [0.29, 0.717) is 63.2 Å². The van der Waals surface area contributed by atoms with Gasteiger partial charge in [-0.25, -0.2) is 18.4 Å². The van der Waals surface area contributed by atoms with E-state index in [0.717, 1.165) is 45.7 Å². The van der Waals surface area contributed by atoms with Crippen molar-refractivity contribution in [3.8, 4) is 16.2 Å². The number of aliphatic hydroxyl groups is 1. The van der Waals surface area contributed by atoms with E-state index in [9.17, 15) is 32.7 Å². The number of likely N-dealkylation sites (tertiary alicyclic amines) is 2. The number of carbonyl (C=O) groups is 4. The van der Waals surface area contributed by atoms with Crippen molar-refractivity contribution in [3.05, 3.63) is 99.8 Å². The maximum atomic E-state index is 14.0. The molecule has 2 aliphatic rings. The van der Waals surface area contributed by atoms with Gasteiger partial charge in [0, 0.05) is 32.6 Å². The zero-order chi connectivity index (χ0) is 62.8. The number of hydrogen-bond acceptors (Lipinski definition) is 19. The molecule has 2 aliphatic heterocycles. The van der Waals surface area contributed by atoms with Gasteiger partial charge in [-0.05, 0) is 112 Å². The first-order valence-corrected chi connectivity index (χ1v) is 32.2. The molecule has 474 valence electrons. The van der Waals surface area contributed by atoms with Gasteiger partial charge in [0.1, 0.15) is 36.1 Å². The summed E-state index contributed by atoms with van der Waals surface area (Å²) in [5.41, 5.74) is 7.12. The van der Waals surface area contributed by atoms with Gasteiger partial charge >= 0.3 is 0 Å². The number of benzene rings is 3. The summed E-state index contributed by atoms with van der Waals surface area (Å²) in [7, 11) is -3.60. The van der Waals surface area contributed by atoms with Gasteiger partial charge in [0.05, 0.1) is 109 Å². The van der Waals surface area contributed by atoms with E-state index in [1.165, 1.54) is 11.1 Å². The maximum Gasteiger partial charge on any atom is 0.248 e. The molecule has 0 bridgehead atoms. The Balaban J connectivity index is 0.731. The highest BCUT2D eigenvalue weighted by molar-refractivity contribution is 7.92. The molecule has 3 aromatic carbocycles. The van der Waals surface area contributed by atoms with Crippen LogP contribution in [0.3, 0.4) is 0 Å². The van der Waals surface area contributed by atoms with Gasteiger partial charge in [0.25, 0.3) is 0 Å². The molecule has 25 heteroatoms. The van der Waals surface area contributed by atoms with Gasteiger partial charge in [0.15, 0.2) is 15.7 Å².